The fourth-order valence-electron chi connectivity index (χ4n) is 3.87. The average Bonchev–Trinajstić information content (AvgIpc) is 3.59. The van der Waals surface area contributed by atoms with Gasteiger partial charge in [-0.05, 0) is 72.2 Å². The van der Waals surface area contributed by atoms with E-state index in [-0.39, 0.29) is 0 Å². The first-order chi connectivity index (χ1) is 17.1. The molecule has 2 aliphatic heterocycles. The third-order valence-corrected chi connectivity index (χ3v) is 13.8. The fraction of sp³-hybridized carbons (Fsp3) is 0.400. The molecule has 2 aromatic rings. The van der Waals surface area contributed by atoms with Gasteiger partial charge in [0, 0.05) is 39.1 Å². The summed E-state index contributed by atoms with van der Waals surface area (Å²) in [5.41, 5.74) is 0. The molecule has 0 bridgehead atoms. The molecule has 0 atom stereocenters. The lowest BCUT2D eigenvalue weighted by Crippen LogP contribution is -1.95. The van der Waals surface area contributed by atoms with Crippen LogP contribution in [-0.4, -0.2) is 0 Å². The molecule has 0 N–H and O–H groups in total. The molecular formula is C30H36S6. The number of hydrogen-bond donors (Lipinski definition) is 0. The van der Waals surface area contributed by atoms with Crippen LogP contribution in [0.2, 0.25) is 0 Å². The summed E-state index contributed by atoms with van der Waals surface area (Å²) in [6, 6.07) is 9.00. The Balaban J connectivity index is 1.40. The van der Waals surface area contributed by atoms with Crippen molar-refractivity contribution in [3.63, 3.8) is 0 Å². The van der Waals surface area contributed by atoms with E-state index >= 15 is 0 Å². The topological polar surface area (TPSA) is 0 Å². The van der Waals surface area contributed by atoms with Crippen molar-refractivity contribution in [1.29, 1.82) is 0 Å². The predicted molar refractivity (Wildman–Crippen MR) is 177 cm³/mol. The van der Waals surface area contributed by atoms with E-state index in [9.17, 15) is 0 Å². The minimum atomic E-state index is 0.593. The Morgan fingerprint density at radius 3 is 1.00 bits per heavy atom. The molecule has 0 saturated heterocycles. The molecule has 0 nitrogen and oxygen atoms in total. The van der Waals surface area contributed by atoms with Crippen LogP contribution in [0.25, 0.3) is 24.3 Å². The van der Waals surface area contributed by atoms with E-state index < -0.39 is 0 Å². The maximum absolute atomic E-state index is 2.37. The third kappa shape index (κ3) is 7.12. The molecule has 0 aromatic carbocycles. The van der Waals surface area contributed by atoms with Crippen LogP contribution in [0.1, 0.15) is 74.9 Å². The van der Waals surface area contributed by atoms with Gasteiger partial charge in [0.15, 0.2) is 0 Å². The Labute approximate surface area is 243 Å². The second-order valence-electron chi connectivity index (χ2n) is 10.2. The summed E-state index contributed by atoms with van der Waals surface area (Å²) in [5, 5.41) is 0. The second-order valence-corrected chi connectivity index (χ2v) is 17.4. The van der Waals surface area contributed by atoms with Gasteiger partial charge < -0.3 is 0 Å². The highest BCUT2D eigenvalue weighted by atomic mass is 32.2. The summed E-state index contributed by atoms with van der Waals surface area (Å²) in [7, 11) is 0. The highest BCUT2D eigenvalue weighted by Gasteiger charge is 2.26. The monoisotopic (exact) mass is 588 g/mol. The maximum Gasteiger partial charge on any atom is 0.0507 e. The summed E-state index contributed by atoms with van der Waals surface area (Å²) in [6.07, 6.45) is 9.25. The smallest absolute Gasteiger partial charge is 0.0507 e. The molecule has 36 heavy (non-hydrogen) atoms. The normalized spacial score (nSPS) is 17.0. The largest absolute Gasteiger partial charge is 0.136 e. The van der Waals surface area contributed by atoms with Crippen LogP contribution < -0.4 is 0 Å². The van der Waals surface area contributed by atoms with Crippen LogP contribution in [0.3, 0.4) is 0 Å². The van der Waals surface area contributed by atoms with Crippen molar-refractivity contribution in [2.75, 3.05) is 0 Å². The minimum absolute atomic E-state index is 0.593. The highest BCUT2D eigenvalue weighted by Crippen LogP contribution is 2.56. The van der Waals surface area contributed by atoms with Crippen LogP contribution in [0.15, 0.2) is 52.4 Å². The molecule has 4 heterocycles. The van der Waals surface area contributed by atoms with Crippen molar-refractivity contribution >= 4 is 94.0 Å². The molecular weight excluding hydrogens is 553 g/mol. The lowest BCUT2D eigenvalue weighted by atomic mass is 10.1. The Morgan fingerprint density at radius 1 is 0.444 bits per heavy atom. The van der Waals surface area contributed by atoms with Gasteiger partial charge in [-0.15, -0.1) is 22.7 Å². The lowest BCUT2D eigenvalue weighted by molar-refractivity contribution is 0.760. The van der Waals surface area contributed by atoms with E-state index in [1.807, 2.05) is 69.7 Å². The quantitative estimate of drug-likeness (QED) is 0.301. The summed E-state index contributed by atoms with van der Waals surface area (Å²) < 4.78 is 2.82. The second kappa shape index (κ2) is 12.6. The molecule has 0 unspecified atom stereocenters. The SMILES string of the molecule is CC(C)C1=C(C(C)C)SC(=Cc2ccc(/C=C/c3ccc(C=C4SC(C(C)C)=C(C(C)C)S4)s3)s2)S1. The Kier molecular flexibility index (Phi) is 9.95. The maximum atomic E-state index is 2.37. The summed E-state index contributed by atoms with van der Waals surface area (Å²) in [4.78, 5) is 11.5. The van der Waals surface area contributed by atoms with Crippen LogP contribution >= 0.6 is 69.7 Å². The number of hydrogen-bond acceptors (Lipinski definition) is 6. The van der Waals surface area contributed by atoms with Gasteiger partial charge in [0.1, 0.15) is 0 Å². The first-order valence-electron chi connectivity index (χ1n) is 12.6. The van der Waals surface area contributed by atoms with Crippen molar-refractivity contribution in [3.05, 3.63) is 71.9 Å². The van der Waals surface area contributed by atoms with Gasteiger partial charge in [-0.2, -0.15) is 0 Å². The molecule has 2 aromatic heterocycles. The standard InChI is InChI=1S/C30H36S6/c1-17(2)27-28(18(3)4)34-25(33-27)15-23-13-11-21(31-23)9-10-22-12-14-24(32-22)16-26-35-29(19(5)6)30(36-26)20(7)8/h9-20H,1-8H3/b10-9+. The molecule has 0 saturated carbocycles. The summed E-state index contributed by atoms with van der Waals surface area (Å²) >= 11 is 11.6. The molecule has 0 amide bonds. The van der Waals surface area contributed by atoms with Crippen LogP contribution in [-0.2, 0) is 0 Å². The highest BCUT2D eigenvalue weighted by molar-refractivity contribution is 8.29. The van der Waals surface area contributed by atoms with Crippen molar-refractivity contribution in [1.82, 2.24) is 0 Å². The van der Waals surface area contributed by atoms with Crippen LogP contribution in [0.4, 0.5) is 0 Å². The van der Waals surface area contributed by atoms with Gasteiger partial charge in [0.2, 0.25) is 0 Å². The zero-order chi connectivity index (χ0) is 26.0. The van der Waals surface area contributed by atoms with Gasteiger partial charge in [0.05, 0.1) is 8.47 Å². The number of thioether (sulfide) groups is 4. The average molecular weight is 589 g/mol. The summed E-state index contributed by atoms with van der Waals surface area (Å²) in [6.45, 7) is 18.5. The Hall–Kier alpha value is -0.500. The van der Waals surface area contributed by atoms with Gasteiger partial charge >= 0.3 is 0 Å². The van der Waals surface area contributed by atoms with Gasteiger partial charge in [0.25, 0.3) is 0 Å². The molecule has 6 heteroatoms. The number of allylic oxidation sites excluding steroid dienone is 4. The van der Waals surface area contributed by atoms with Gasteiger partial charge in [-0.25, -0.2) is 0 Å². The molecule has 0 spiro atoms. The van der Waals surface area contributed by atoms with Gasteiger partial charge in [-0.1, -0.05) is 102 Å². The van der Waals surface area contributed by atoms with Crippen molar-refractivity contribution in [3.8, 4) is 0 Å². The molecule has 2 aliphatic rings. The fourth-order valence-corrected chi connectivity index (χ4v) is 11.7. The zero-order valence-electron chi connectivity index (χ0n) is 22.4. The van der Waals surface area contributed by atoms with Crippen molar-refractivity contribution < 1.29 is 0 Å². The molecule has 4 rings (SSSR count). The summed E-state index contributed by atoms with van der Waals surface area (Å²) in [5.74, 6) is 2.37. The van der Waals surface area contributed by atoms with Crippen LogP contribution in [0, 0.1) is 23.7 Å². The number of rotatable bonds is 8. The van der Waals surface area contributed by atoms with Crippen LogP contribution in [0.5, 0.6) is 0 Å². The van der Waals surface area contributed by atoms with E-state index in [2.05, 4.69) is 104 Å². The lowest BCUT2D eigenvalue weighted by Gasteiger charge is -2.10. The van der Waals surface area contributed by atoms with E-state index in [1.165, 1.54) is 28.0 Å². The van der Waals surface area contributed by atoms with Crippen molar-refractivity contribution in [2.24, 2.45) is 23.7 Å². The number of thiophene rings is 2. The third-order valence-electron chi connectivity index (χ3n) is 5.65. The van der Waals surface area contributed by atoms with Crippen molar-refractivity contribution in [2.45, 2.75) is 55.4 Å². The first-order valence-corrected chi connectivity index (χ1v) is 17.5. The molecule has 0 radical (unpaired) electrons. The van der Waals surface area contributed by atoms with Gasteiger partial charge in [-0.3, -0.25) is 0 Å². The minimum Gasteiger partial charge on any atom is -0.136 e. The molecule has 0 fully saturated rings. The first kappa shape index (κ1) is 28.5. The molecule has 192 valence electrons. The Bertz CT molecular complexity index is 1100. The Morgan fingerprint density at radius 2 is 0.722 bits per heavy atom. The predicted octanol–water partition coefficient (Wildman–Crippen LogP) is 12.6. The van der Waals surface area contributed by atoms with E-state index in [0.717, 1.165) is 0 Å². The molecule has 0 aliphatic carbocycles. The van der Waals surface area contributed by atoms with E-state index in [1.54, 1.807) is 19.6 Å². The zero-order valence-corrected chi connectivity index (χ0v) is 27.3. The van der Waals surface area contributed by atoms with E-state index in [0.29, 0.717) is 23.7 Å². The van der Waals surface area contributed by atoms with E-state index in [4.69, 9.17) is 0 Å².